The highest BCUT2D eigenvalue weighted by Crippen LogP contribution is 2.19. The summed E-state index contributed by atoms with van der Waals surface area (Å²) in [6.45, 7) is 3.63. The zero-order chi connectivity index (χ0) is 12.8. The molecular formula is C13H13ClFNO. The van der Waals surface area contributed by atoms with Crippen LogP contribution in [-0.2, 0) is 4.79 Å². The van der Waals surface area contributed by atoms with Gasteiger partial charge in [-0.25, -0.2) is 4.39 Å². The molecule has 0 aliphatic rings. The summed E-state index contributed by atoms with van der Waals surface area (Å²) in [5, 5.41) is 3.10. The molecule has 0 aliphatic carbocycles. The fourth-order valence-corrected chi connectivity index (χ4v) is 1.36. The Morgan fingerprint density at radius 2 is 2.24 bits per heavy atom. The third-order valence-corrected chi connectivity index (χ3v) is 2.50. The topological polar surface area (TPSA) is 29.1 Å². The highest BCUT2D eigenvalue weighted by Gasteiger charge is 2.03. The first-order chi connectivity index (χ1) is 8.00. The van der Waals surface area contributed by atoms with E-state index in [2.05, 4.69) is 17.2 Å². The van der Waals surface area contributed by atoms with Gasteiger partial charge < -0.3 is 5.32 Å². The Kier molecular flexibility index (Phi) is 4.99. The number of aryl methyl sites for hydroxylation is 1. The van der Waals surface area contributed by atoms with Crippen molar-refractivity contribution in [3.63, 3.8) is 0 Å². The van der Waals surface area contributed by atoms with Crippen molar-refractivity contribution < 1.29 is 9.18 Å². The van der Waals surface area contributed by atoms with Crippen LogP contribution in [0, 0.1) is 24.6 Å². The van der Waals surface area contributed by atoms with E-state index in [9.17, 15) is 9.18 Å². The standard InChI is InChI=1S/C13H13ClFNO/c1-9-7-13(15)11(8-12(9)14)5-3-4-6-16-10(2)17/h7-8H,4,6H2,1-2H3,(H,16,17). The minimum Gasteiger partial charge on any atom is -0.355 e. The SMILES string of the molecule is CC(=O)NCCC#Cc1cc(Cl)c(C)cc1F. The van der Waals surface area contributed by atoms with Crippen molar-refractivity contribution >= 4 is 17.5 Å². The fraction of sp³-hybridized carbons (Fsp3) is 0.308. The lowest BCUT2D eigenvalue weighted by molar-refractivity contribution is -0.118. The molecule has 4 heteroatoms. The van der Waals surface area contributed by atoms with Crippen molar-refractivity contribution in [2.75, 3.05) is 6.54 Å². The number of halogens is 2. The molecule has 1 amide bonds. The van der Waals surface area contributed by atoms with E-state index in [-0.39, 0.29) is 17.3 Å². The van der Waals surface area contributed by atoms with Crippen LogP contribution >= 0.6 is 11.6 Å². The number of rotatable bonds is 2. The third-order valence-electron chi connectivity index (χ3n) is 2.10. The molecule has 1 aromatic rings. The summed E-state index contributed by atoms with van der Waals surface area (Å²) in [5.74, 6) is 5.00. The number of nitrogens with one attached hydrogen (secondary N) is 1. The first-order valence-electron chi connectivity index (χ1n) is 5.19. The van der Waals surface area contributed by atoms with Gasteiger partial charge in [-0.3, -0.25) is 4.79 Å². The van der Waals surface area contributed by atoms with Crippen LogP contribution in [0.2, 0.25) is 5.02 Å². The van der Waals surface area contributed by atoms with Crippen molar-refractivity contribution in [1.82, 2.24) is 5.32 Å². The van der Waals surface area contributed by atoms with Crippen molar-refractivity contribution in [2.24, 2.45) is 0 Å². The predicted molar refractivity (Wildman–Crippen MR) is 66.3 cm³/mol. The first kappa shape index (κ1) is 13.5. The molecule has 1 aromatic carbocycles. The van der Waals surface area contributed by atoms with Gasteiger partial charge in [0.1, 0.15) is 5.82 Å². The molecular weight excluding hydrogens is 241 g/mol. The van der Waals surface area contributed by atoms with Crippen LogP contribution in [0.4, 0.5) is 4.39 Å². The zero-order valence-corrected chi connectivity index (χ0v) is 10.5. The molecule has 1 N–H and O–H groups in total. The average molecular weight is 254 g/mol. The van der Waals surface area contributed by atoms with E-state index in [1.165, 1.54) is 19.1 Å². The molecule has 17 heavy (non-hydrogen) atoms. The largest absolute Gasteiger partial charge is 0.355 e. The Labute approximate surface area is 105 Å². The van der Waals surface area contributed by atoms with Gasteiger partial charge in [0.2, 0.25) is 5.91 Å². The van der Waals surface area contributed by atoms with Crippen LogP contribution < -0.4 is 5.32 Å². The molecule has 2 nitrogen and oxygen atoms in total. The summed E-state index contributed by atoms with van der Waals surface area (Å²) in [4.78, 5) is 10.6. The molecule has 0 heterocycles. The lowest BCUT2D eigenvalue weighted by atomic mass is 10.1. The van der Waals surface area contributed by atoms with Gasteiger partial charge in [-0.1, -0.05) is 23.4 Å². The van der Waals surface area contributed by atoms with E-state index < -0.39 is 0 Å². The maximum Gasteiger partial charge on any atom is 0.216 e. The van der Waals surface area contributed by atoms with E-state index in [0.29, 0.717) is 23.6 Å². The average Bonchev–Trinajstić information content (AvgIpc) is 2.24. The number of carbonyl (C=O) groups is 1. The van der Waals surface area contributed by atoms with Crippen molar-refractivity contribution in [1.29, 1.82) is 0 Å². The number of benzene rings is 1. The maximum atomic E-state index is 13.4. The van der Waals surface area contributed by atoms with Gasteiger partial charge in [0.15, 0.2) is 0 Å². The normalized spacial score (nSPS) is 9.41. The van der Waals surface area contributed by atoms with Crippen LogP contribution in [0.5, 0.6) is 0 Å². The summed E-state index contributed by atoms with van der Waals surface area (Å²) in [6.07, 6.45) is 0.477. The lowest BCUT2D eigenvalue weighted by Crippen LogP contribution is -2.20. The smallest absolute Gasteiger partial charge is 0.216 e. The van der Waals surface area contributed by atoms with Gasteiger partial charge in [0, 0.05) is 24.9 Å². The second kappa shape index (κ2) is 6.27. The number of hydrogen-bond donors (Lipinski definition) is 1. The van der Waals surface area contributed by atoms with Crippen LogP contribution in [-0.4, -0.2) is 12.5 Å². The third kappa shape index (κ3) is 4.46. The van der Waals surface area contributed by atoms with Gasteiger partial charge in [-0.15, -0.1) is 0 Å². The lowest BCUT2D eigenvalue weighted by Gasteiger charge is -2.00. The van der Waals surface area contributed by atoms with Gasteiger partial charge in [0.25, 0.3) is 0 Å². The van der Waals surface area contributed by atoms with Crippen molar-refractivity contribution in [2.45, 2.75) is 20.3 Å². The molecule has 0 bridgehead atoms. The second-order valence-corrected chi connectivity index (χ2v) is 4.02. The van der Waals surface area contributed by atoms with Crippen LogP contribution in [0.15, 0.2) is 12.1 Å². The van der Waals surface area contributed by atoms with Gasteiger partial charge >= 0.3 is 0 Å². The molecule has 0 aliphatic heterocycles. The van der Waals surface area contributed by atoms with E-state index in [1.54, 1.807) is 6.92 Å². The molecule has 1 rings (SSSR count). The number of amides is 1. The quantitative estimate of drug-likeness (QED) is 0.637. The number of carbonyl (C=O) groups excluding carboxylic acids is 1. The summed E-state index contributed by atoms with van der Waals surface area (Å²) in [6, 6.07) is 2.87. The molecule has 90 valence electrons. The Bertz CT molecular complexity index is 488. The van der Waals surface area contributed by atoms with Gasteiger partial charge in [0.05, 0.1) is 5.56 Å². The van der Waals surface area contributed by atoms with Crippen LogP contribution in [0.3, 0.4) is 0 Å². The minimum absolute atomic E-state index is 0.101. The van der Waals surface area contributed by atoms with Gasteiger partial charge in [-0.2, -0.15) is 0 Å². The summed E-state index contributed by atoms with van der Waals surface area (Å²) in [7, 11) is 0. The Morgan fingerprint density at radius 1 is 1.53 bits per heavy atom. The highest BCUT2D eigenvalue weighted by atomic mass is 35.5. The Morgan fingerprint density at radius 3 is 2.88 bits per heavy atom. The summed E-state index contributed by atoms with van der Waals surface area (Å²) >= 11 is 5.88. The fourth-order valence-electron chi connectivity index (χ4n) is 1.20. The van der Waals surface area contributed by atoms with Gasteiger partial charge in [-0.05, 0) is 24.6 Å². The molecule has 0 unspecified atom stereocenters. The molecule has 0 aromatic heterocycles. The molecule has 0 fully saturated rings. The Balaban J connectivity index is 2.66. The predicted octanol–water partition coefficient (Wildman–Crippen LogP) is 2.67. The van der Waals surface area contributed by atoms with Crippen molar-refractivity contribution in [3.05, 3.63) is 34.1 Å². The highest BCUT2D eigenvalue weighted by molar-refractivity contribution is 6.31. The van der Waals surface area contributed by atoms with E-state index in [1.807, 2.05) is 0 Å². The first-order valence-corrected chi connectivity index (χ1v) is 5.57. The molecule has 0 saturated heterocycles. The Hall–Kier alpha value is -1.53. The minimum atomic E-state index is -0.376. The molecule has 0 radical (unpaired) electrons. The van der Waals surface area contributed by atoms with E-state index in [4.69, 9.17) is 11.6 Å². The zero-order valence-electron chi connectivity index (χ0n) is 9.73. The number of hydrogen-bond acceptors (Lipinski definition) is 1. The molecule has 0 atom stereocenters. The van der Waals surface area contributed by atoms with E-state index >= 15 is 0 Å². The second-order valence-electron chi connectivity index (χ2n) is 3.62. The molecule has 0 spiro atoms. The summed E-state index contributed by atoms with van der Waals surface area (Å²) < 4.78 is 13.4. The van der Waals surface area contributed by atoms with E-state index in [0.717, 1.165) is 0 Å². The molecule has 0 saturated carbocycles. The monoisotopic (exact) mass is 253 g/mol. The maximum absolute atomic E-state index is 13.4. The van der Waals surface area contributed by atoms with Crippen molar-refractivity contribution in [3.8, 4) is 11.8 Å². The van der Waals surface area contributed by atoms with Crippen LogP contribution in [0.1, 0.15) is 24.5 Å². The van der Waals surface area contributed by atoms with Crippen LogP contribution in [0.25, 0.3) is 0 Å². The summed E-state index contributed by atoms with van der Waals surface area (Å²) in [5.41, 5.74) is 0.969.